The SMILES string of the molecule is CCC(C)CC(C)Nc1nc(N)nc2ccsc12. The molecule has 0 saturated heterocycles. The average molecular weight is 264 g/mol. The normalized spacial score (nSPS) is 14.6. The molecule has 0 aliphatic rings. The average Bonchev–Trinajstić information content (AvgIpc) is 2.76. The highest BCUT2D eigenvalue weighted by Crippen LogP contribution is 2.27. The zero-order valence-corrected chi connectivity index (χ0v) is 11.9. The summed E-state index contributed by atoms with van der Waals surface area (Å²) in [6.45, 7) is 6.68. The monoisotopic (exact) mass is 264 g/mol. The fourth-order valence-electron chi connectivity index (χ4n) is 2.04. The Balaban J connectivity index is 2.18. The summed E-state index contributed by atoms with van der Waals surface area (Å²) in [6, 6.07) is 2.36. The first-order valence-electron chi connectivity index (χ1n) is 6.37. The minimum atomic E-state index is 0.333. The first kappa shape index (κ1) is 13.1. The van der Waals surface area contributed by atoms with Gasteiger partial charge in [0, 0.05) is 6.04 Å². The lowest BCUT2D eigenvalue weighted by atomic mass is 10.0. The zero-order valence-electron chi connectivity index (χ0n) is 11.1. The fraction of sp³-hybridized carbons (Fsp3) is 0.538. The molecule has 0 bridgehead atoms. The highest BCUT2D eigenvalue weighted by molar-refractivity contribution is 7.17. The van der Waals surface area contributed by atoms with E-state index in [1.165, 1.54) is 6.42 Å². The topological polar surface area (TPSA) is 63.8 Å². The van der Waals surface area contributed by atoms with Gasteiger partial charge in [-0.1, -0.05) is 20.3 Å². The molecule has 5 heteroatoms. The highest BCUT2D eigenvalue weighted by atomic mass is 32.1. The Kier molecular flexibility index (Phi) is 4.01. The first-order valence-corrected chi connectivity index (χ1v) is 7.25. The second-order valence-corrected chi connectivity index (χ2v) is 5.78. The molecule has 3 N–H and O–H groups in total. The second-order valence-electron chi connectivity index (χ2n) is 4.86. The molecule has 2 atom stereocenters. The van der Waals surface area contributed by atoms with Crippen LogP contribution >= 0.6 is 11.3 Å². The van der Waals surface area contributed by atoms with Gasteiger partial charge in [0.05, 0.1) is 10.2 Å². The molecule has 0 amide bonds. The predicted octanol–water partition coefficient (Wildman–Crippen LogP) is 3.51. The Morgan fingerprint density at radius 2 is 2.17 bits per heavy atom. The highest BCUT2D eigenvalue weighted by Gasteiger charge is 2.12. The van der Waals surface area contributed by atoms with Crippen LogP contribution in [0.25, 0.3) is 10.2 Å². The molecule has 4 nitrogen and oxygen atoms in total. The van der Waals surface area contributed by atoms with Crippen molar-refractivity contribution in [2.24, 2.45) is 5.92 Å². The quantitative estimate of drug-likeness (QED) is 0.867. The Morgan fingerprint density at radius 1 is 1.39 bits per heavy atom. The van der Waals surface area contributed by atoms with Crippen molar-refractivity contribution in [3.63, 3.8) is 0 Å². The number of hydrogen-bond donors (Lipinski definition) is 2. The molecule has 0 saturated carbocycles. The van der Waals surface area contributed by atoms with Gasteiger partial charge in [0.15, 0.2) is 0 Å². The second kappa shape index (κ2) is 5.52. The van der Waals surface area contributed by atoms with Crippen LogP contribution in [0.1, 0.15) is 33.6 Å². The van der Waals surface area contributed by atoms with Crippen LogP contribution in [0.4, 0.5) is 11.8 Å². The van der Waals surface area contributed by atoms with Crippen molar-refractivity contribution in [1.29, 1.82) is 0 Å². The van der Waals surface area contributed by atoms with E-state index in [0.717, 1.165) is 22.5 Å². The van der Waals surface area contributed by atoms with Crippen LogP contribution in [0.15, 0.2) is 11.4 Å². The van der Waals surface area contributed by atoms with E-state index >= 15 is 0 Å². The number of hydrogen-bond acceptors (Lipinski definition) is 5. The lowest BCUT2D eigenvalue weighted by Crippen LogP contribution is -2.19. The van der Waals surface area contributed by atoms with Gasteiger partial charge in [-0.3, -0.25) is 0 Å². The Bertz CT molecular complexity index is 523. The van der Waals surface area contributed by atoms with Gasteiger partial charge in [-0.05, 0) is 30.7 Å². The number of nitrogen functional groups attached to an aromatic ring is 1. The van der Waals surface area contributed by atoms with Crippen molar-refractivity contribution in [1.82, 2.24) is 9.97 Å². The summed E-state index contributed by atoms with van der Waals surface area (Å²) in [4.78, 5) is 8.53. The molecule has 0 spiro atoms. The van der Waals surface area contributed by atoms with E-state index < -0.39 is 0 Å². The van der Waals surface area contributed by atoms with E-state index in [1.54, 1.807) is 11.3 Å². The maximum Gasteiger partial charge on any atom is 0.222 e. The number of fused-ring (bicyclic) bond motifs is 1. The molecule has 0 aliphatic heterocycles. The Labute approximate surface area is 112 Å². The molecule has 0 fully saturated rings. The molecule has 0 radical (unpaired) electrons. The van der Waals surface area contributed by atoms with E-state index in [-0.39, 0.29) is 0 Å². The third-order valence-electron chi connectivity index (χ3n) is 3.16. The number of anilines is 2. The van der Waals surface area contributed by atoms with Gasteiger partial charge in [-0.15, -0.1) is 11.3 Å². The summed E-state index contributed by atoms with van der Waals surface area (Å²) < 4.78 is 1.08. The van der Waals surface area contributed by atoms with Gasteiger partial charge in [0.1, 0.15) is 5.82 Å². The van der Waals surface area contributed by atoms with Crippen LogP contribution in [0, 0.1) is 5.92 Å². The largest absolute Gasteiger partial charge is 0.368 e. The third kappa shape index (κ3) is 2.90. The molecule has 98 valence electrons. The lowest BCUT2D eigenvalue weighted by molar-refractivity contribution is 0.483. The minimum absolute atomic E-state index is 0.333. The molecule has 18 heavy (non-hydrogen) atoms. The predicted molar refractivity (Wildman–Crippen MR) is 79.0 cm³/mol. The van der Waals surface area contributed by atoms with Crippen LogP contribution in [0.5, 0.6) is 0 Å². The number of nitrogens with two attached hydrogens (primary N) is 1. The standard InChI is InChI=1S/C13H20N4S/c1-4-8(2)7-9(3)15-12-11-10(5-6-18-11)16-13(14)17-12/h5-6,8-9H,4,7H2,1-3H3,(H3,14,15,16,17). The molecular formula is C13H20N4S. The van der Waals surface area contributed by atoms with Gasteiger partial charge in [0.25, 0.3) is 0 Å². The van der Waals surface area contributed by atoms with Crippen LogP contribution in [0.3, 0.4) is 0 Å². The summed E-state index contributed by atoms with van der Waals surface area (Å²) >= 11 is 1.65. The molecular weight excluding hydrogens is 244 g/mol. The van der Waals surface area contributed by atoms with Crippen molar-refractivity contribution in [3.05, 3.63) is 11.4 Å². The smallest absolute Gasteiger partial charge is 0.222 e. The maximum absolute atomic E-state index is 5.73. The Hall–Kier alpha value is -1.36. The zero-order chi connectivity index (χ0) is 13.1. The van der Waals surface area contributed by atoms with Crippen molar-refractivity contribution in [2.75, 3.05) is 11.1 Å². The van der Waals surface area contributed by atoms with Gasteiger partial charge >= 0.3 is 0 Å². The number of thiophene rings is 1. The van der Waals surface area contributed by atoms with Crippen LogP contribution in [-0.4, -0.2) is 16.0 Å². The van der Waals surface area contributed by atoms with Gasteiger partial charge in [0.2, 0.25) is 5.95 Å². The molecule has 2 aromatic heterocycles. The summed E-state index contributed by atoms with van der Waals surface area (Å²) in [5.74, 6) is 1.91. The van der Waals surface area contributed by atoms with Crippen LogP contribution in [-0.2, 0) is 0 Å². The minimum Gasteiger partial charge on any atom is -0.368 e. The fourth-order valence-corrected chi connectivity index (χ4v) is 2.83. The molecule has 2 aromatic rings. The van der Waals surface area contributed by atoms with E-state index in [9.17, 15) is 0 Å². The maximum atomic E-state index is 5.73. The summed E-state index contributed by atoms with van der Waals surface area (Å²) in [7, 11) is 0. The van der Waals surface area contributed by atoms with Crippen molar-refractivity contribution >= 4 is 33.3 Å². The molecule has 0 aromatic carbocycles. The molecule has 2 heterocycles. The summed E-state index contributed by atoms with van der Waals surface area (Å²) in [5.41, 5.74) is 6.65. The lowest BCUT2D eigenvalue weighted by Gasteiger charge is -2.18. The first-order chi connectivity index (χ1) is 8.60. The van der Waals surface area contributed by atoms with E-state index in [0.29, 0.717) is 17.9 Å². The van der Waals surface area contributed by atoms with Gasteiger partial charge in [-0.25, -0.2) is 4.98 Å². The van der Waals surface area contributed by atoms with E-state index in [4.69, 9.17) is 5.73 Å². The van der Waals surface area contributed by atoms with Crippen LogP contribution < -0.4 is 11.1 Å². The van der Waals surface area contributed by atoms with E-state index in [2.05, 4.69) is 36.1 Å². The molecule has 0 aliphatic carbocycles. The molecule has 2 rings (SSSR count). The van der Waals surface area contributed by atoms with Crippen molar-refractivity contribution in [3.8, 4) is 0 Å². The number of nitrogens with zero attached hydrogens (tertiary/aromatic N) is 2. The van der Waals surface area contributed by atoms with E-state index in [1.807, 2.05) is 11.4 Å². The Morgan fingerprint density at radius 3 is 2.89 bits per heavy atom. The number of rotatable bonds is 5. The number of aromatic nitrogens is 2. The molecule has 2 unspecified atom stereocenters. The van der Waals surface area contributed by atoms with Crippen molar-refractivity contribution in [2.45, 2.75) is 39.7 Å². The third-order valence-corrected chi connectivity index (χ3v) is 4.07. The van der Waals surface area contributed by atoms with Gasteiger partial charge in [-0.2, -0.15) is 4.98 Å². The summed E-state index contributed by atoms with van der Waals surface area (Å²) in [6.07, 6.45) is 2.33. The van der Waals surface area contributed by atoms with Crippen LogP contribution in [0.2, 0.25) is 0 Å². The van der Waals surface area contributed by atoms with Gasteiger partial charge < -0.3 is 11.1 Å². The summed E-state index contributed by atoms with van der Waals surface area (Å²) in [5, 5.41) is 5.47. The number of nitrogens with one attached hydrogen (secondary N) is 1. The van der Waals surface area contributed by atoms with Crippen molar-refractivity contribution < 1.29 is 0 Å².